The maximum Gasteiger partial charge on any atom is 0.240 e. The van der Waals surface area contributed by atoms with Crippen LogP contribution in [0.3, 0.4) is 0 Å². The summed E-state index contributed by atoms with van der Waals surface area (Å²) in [5.41, 5.74) is 5.46. The summed E-state index contributed by atoms with van der Waals surface area (Å²) in [6, 6.07) is 6.88. The molecule has 0 saturated carbocycles. The second kappa shape index (κ2) is 8.27. The number of nitrogens with two attached hydrogens (primary N) is 1. The Morgan fingerprint density at radius 1 is 1.12 bits per heavy atom. The predicted molar refractivity (Wildman–Crippen MR) is 91.4 cm³/mol. The fourth-order valence-electron chi connectivity index (χ4n) is 2.24. The van der Waals surface area contributed by atoms with Gasteiger partial charge in [0.05, 0.1) is 6.42 Å². The van der Waals surface area contributed by atoms with Gasteiger partial charge in [0, 0.05) is 22.0 Å². The number of halogens is 4. The van der Waals surface area contributed by atoms with Crippen molar-refractivity contribution in [2.75, 3.05) is 0 Å². The monoisotopic (exact) mass is 386 g/mol. The molecule has 3 N–H and O–H groups in total. The molecule has 0 unspecified atom stereocenters. The van der Waals surface area contributed by atoms with E-state index in [1.165, 1.54) is 12.1 Å². The summed E-state index contributed by atoms with van der Waals surface area (Å²) in [6.45, 7) is 0. The highest BCUT2D eigenvalue weighted by atomic mass is 35.5. The summed E-state index contributed by atoms with van der Waals surface area (Å²) in [5, 5.41) is 3.10. The van der Waals surface area contributed by atoms with Gasteiger partial charge >= 0.3 is 0 Å². The van der Waals surface area contributed by atoms with Crippen molar-refractivity contribution in [2.24, 2.45) is 5.73 Å². The van der Waals surface area contributed by atoms with Gasteiger partial charge in [-0.15, -0.1) is 0 Å². The van der Waals surface area contributed by atoms with Crippen LogP contribution in [-0.2, 0) is 22.4 Å². The quantitative estimate of drug-likeness (QED) is 0.800. The third kappa shape index (κ3) is 5.14. The van der Waals surface area contributed by atoms with Crippen molar-refractivity contribution < 1.29 is 18.4 Å². The van der Waals surface area contributed by atoms with E-state index < -0.39 is 35.9 Å². The van der Waals surface area contributed by atoms with Crippen LogP contribution in [0.2, 0.25) is 10.0 Å². The lowest BCUT2D eigenvalue weighted by molar-refractivity contribution is -0.127. The summed E-state index contributed by atoms with van der Waals surface area (Å²) in [6.07, 6.45) is -0.534. The Morgan fingerprint density at radius 2 is 1.76 bits per heavy atom. The van der Waals surface area contributed by atoms with Crippen LogP contribution in [0.1, 0.15) is 11.1 Å². The molecule has 0 aliphatic rings. The smallest absolute Gasteiger partial charge is 0.240 e. The van der Waals surface area contributed by atoms with Crippen LogP contribution in [0.5, 0.6) is 0 Å². The molecule has 0 spiro atoms. The van der Waals surface area contributed by atoms with Crippen molar-refractivity contribution >= 4 is 35.0 Å². The van der Waals surface area contributed by atoms with Gasteiger partial charge in [0.25, 0.3) is 0 Å². The van der Waals surface area contributed by atoms with Gasteiger partial charge in [-0.3, -0.25) is 9.59 Å². The third-order valence-corrected chi connectivity index (χ3v) is 4.10. The molecule has 0 aliphatic heterocycles. The first-order valence-corrected chi connectivity index (χ1v) is 7.99. The van der Waals surface area contributed by atoms with Gasteiger partial charge < -0.3 is 11.1 Å². The van der Waals surface area contributed by atoms with E-state index in [4.69, 9.17) is 28.9 Å². The van der Waals surface area contributed by atoms with Crippen molar-refractivity contribution in [3.8, 4) is 0 Å². The molecule has 0 saturated heterocycles. The molecule has 0 aromatic heterocycles. The number of carbonyl (C=O) groups is 2. The van der Waals surface area contributed by atoms with Crippen molar-refractivity contribution in [1.29, 1.82) is 0 Å². The van der Waals surface area contributed by atoms with E-state index in [0.29, 0.717) is 15.6 Å². The molecule has 1 atom stereocenters. The third-order valence-electron chi connectivity index (χ3n) is 3.52. The second-order valence-electron chi connectivity index (χ2n) is 5.34. The van der Waals surface area contributed by atoms with E-state index in [1.54, 1.807) is 12.1 Å². The van der Waals surface area contributed by atoms with E-state index >= 15 is 0 Å². The number of carbonyl (C=O) groups excluding carboxylic acids is 2. The van der Waals surface area contributed by atoms with E-state index in [1.807, 2.05) is 0 Å². The first kappa shape index (κ1) is 19.1. The summed E-state index contributed by atoms with van der Waals surface area (Å²) >= 11 is 11.8. The minimum Gasteiger partial charge on any atom is -0.368 e. The molecule has 8 heteroatoms. The van der Waals surface area contributed by atoms with Gasteiger partial charge in [0.1, 0.15) is 17.7 Å². The van der Waals surface area contributed by atoms with Crippen LogP contribution in [-0.4, -0.2) is 17.9 Å². The normalized spacial score (nSPS) is 11.8. The SMILES string of the molecule is NC(=O)[C@@H](Cc1ccc(Cl)cc1Cl)NC(=O)Cc1c(F)cccc1F. The Bertz CT molecular complexity index is 795. The number of hydrogen-bond acceptors (Lipinski definition) is 2. The minimum absolute atomic E-state index is 0.0246. The van der Waals surface area contributed by atoms with Crippen LogP contribution >= 0.6 is 23.2 Å². The summed E-state index contributed by atoms with van der Waals surface area (Å²) in [7, 11) is 0. The van der Waals surface area contributed by atoms with Gasteiger partial charge in [0.15, 0.2) is 0 Å². The largest absolute Gasteiger partial charge is 0.368 e. The Balaban J connectivity index is 2.11. The molecule has 132 valence electrons. The van der Waals surface area contributed by atoms with Crippen molar-refractivity contribution in [3.05, 3.63) is 69.2 Å². The van der Waals surface area contributed by atoms with E-state index in [-0.39, 0.29) is 12.0 Å². The lowest BCUT2D eigenvalue weighted by Crippen LogP contribution is -2.46. The highest BCUT2D eigenvalue weighted by Crippen LogP contribution is 2.22. The Hall–Kier alpha value is -2.18. The molecule has 2 amide bonds. The van der Waals surface area contributed by atoms with E-state index in [9.17, 15) is 18.4 Å². The van der Waals surface area contributed by atoms with Gasteiger partial charge in [-0.05, 0) is 29.8 Å². The van der Waals surface area contributed by atoms with Crippen LogP contribution in [0.15, 0.2) is 36.4 Å². The van der Waals surface area contributed by atoms with Crippen LogP contribution in [0.4, 0.5) is 8.78 Å². The first-order chi connectivity index (χ1) is 11.8. The molecule has 2 aromatic carbocycles. The Morgan fingerprint density at radius 3 is 2.32 bits per heavy atom. The average Bonchev–Trinajstić information content (AvgIpc) is 2.52. The van der Waals surface area contributed by atoms with Gasteiger partial charge in [-0.1, -0.05) is 35.3 Å². The van der Waals surface area contributed by atoms with Crippen molar-refractivity contribution in [2.45, 2.75) is 18.9 Å². The summed E-state index contributed by atoms with van der Waals surface area (Å²) < 4.78 is 27.2. The van der Waals surface area contributed by atoms with Crippen molar-refractivity contribution in [1.82, 2.24) is 5.32 Å². The number of amides is 2. The zero-order valence-electron chi connectivity index (χ0n) is 12.9. The molecular weight excluding hydrogens is 373 g/mol. The van der Waals surface area contributed by atoms with E-state index in [0.717, 1.165) is 12.1 Å². The van der Waals surface area contributed by atoms with Gasteiger partial charge in [-0.2, -0.15) is 0 Å². The highest BCUT2D eigenvalue weighted by molar-refractivity contribution is 6.35. The topological polar surface area (TPSA) is 72.2 Å². The number of hydrogen-bond donors (Lipinski definition) is 2. The fraction of sp³-hybridized carbons (Fsp3) is 0.176. The summed E-state index contributed by atoms with van der Waals surface area (Å²) in [4.78, 5) is 23.6. The molecule has 0 aliphatic carbocycles. The molecule has 0 heterocycles. The van der Waals surface area contributed by atoms with Crippen LogP contribution < -0.4 is 11.1 Å². The molecular formula is C17H14Cl2F2N2O2. The lowest BCUT2D eigenvalue weighted by atomic mass is 10.0. The standard InChI is InChI=1S/C17H14Cl2F2N2O2/c18-10-5-4-9(12(19)7-10)6-15(17(22)25)23-16(24)8-11-13(20)2-1-3-14(11)21/h1-5,7,15H,6,8H2,(H2,22,25)(H,23,24)/t15-/m1/s1. The Labute approximate surface area is 152 Å². The van der Waals surface area contributed by atoms with Crippen molar-refractivity contribution in [3.63, 3.8) is 0 Å². The number of nitrogens with one attached hydrogen (secondary N) is 1. The Kier molecular flexibility index (Phi) is 6.33. The molecule has 2 rings (SSSR count). The maximum absolute atomic E-state index is 13.6. The van der Waals surface area contributed by atoms with Crippen LogP contribution in [0, 0.1) is 11.6 Å². The first-order valence-electron chi connectivity index (χ1n) is 7.23. The number of benzene rings is 2. The lowest BCUT2D eigenvalue weighted by Gasteiger charge is -2.17. The second-order valence-corrected chi connectivity index (χ2v) is 6.18. The summed E-state index contributed by atoms with van der Waals surface area (Å²) in [5.74, 6) is -3.22. The average molecular weight is 387 g/mol. The zero-order chi connectivity index (χ0) is 18.6. The predicted octanol–water partition coefficient (Wildman–Crippen LogP) is 3.03. The molecule has 2 aromatic rings. The fourth-order valence-corrected chi connectivity index (χ4v) is 2.72. The van der Waals surface area contributed by atoms with Crippen LogP contribution in [0.25, 0.3) is 0 Å². The maximum atomic E-state index is 13.6. The van der Waals surface area contributed by atoms with Gasteiger partial charge in [-0.25, -0.2) is 8.78 Å². The molecule has 25 heavy (non-hydrogen) atoms. The van der Waals surface area contributed by atoms with E-state index in [2.05, 4.69) is 5.32 Å². The molecule has 0 fully saturated rings. The number of primary amides is 1. The highest BCUT2D eigenvalue weighted by Gasteiger charge is 2.21. The van der Waals surface area contributed by atoms with Gasteiger partial charge in [0.2, 0.25) is 11.8 Å². The molecule has 4 nitrogen and oxygen atoms in total. The molecule has 0 radical (unpaired) electrons. The minimum atomic E-state index is -1.08. The number of rotatable bonds is 6. The zero-order valence-corrected chi connectivity index (χ0v) is 14.4. The molecule has 0 bridgehead atoms.